The zero-order chi connectivity index (χ0) is 15.4. The van der Waals surface area contributed by atoms with Crippen molar-refractivity contribution in [1.29, 1.82) is 0 Å². The van der Waals surface area contributed by atoms with Crippen LogP contribution in [0.4, 0.5) is 5.69 Å². The average Bonchev–Trinajstić information content (AvgIpc) is 2.50. The van der Waals surface area contributed by atoms with Crippen LogP contribution in [0.5, 0.6) is 0 Å². The fourth-order valence-corrected chi connectivity index (χ4v) is 3.22. The molecular weight excluding hydrogens is 260 g/mol. The molecule has 1 aliphatic heterocycles. The van der Waals surface area contributed by atoms with Crippen LogP contribution in [-0.4, -0.2) is 29.4 Å². The number of piperidine rings is 1. The van der Waals surface area contributed by atoms with E-state index in [2.05, 4.69) is 50.0 Å². The minimum atomic E-state index is 0.0210. The van der Waals surface area contributed by atoms with Crippen molar-refractivity contribution in [3.63, 3.8) is 0 Å². The molecule has 0 bridgehead atoms. The molecule has 2 atom stereocenters. The van der Waals surface area contributed by atoms with Crippen molar-refractivity contribution >= 4 is 11.6 Å². The second-order valence-corrected chi connectivity index (χ2v) is 6.26. The Kier molecular flexibility index (Phi) is 5.40. The second kappa shape index (κ2) is 7.08. The molecule has 1 N–H and O–H groups in total. The van der Waals surface area contributed by atoms with Crippen LogP contribution in [0, 0.1) is 13.8 Å². The van der Waals surface area contributed by atoms with E-state index in [-0.39, 0.29) is 11.9 Å². The number of nitrogens with zero attached hydrogens (tertiary/aromatic N) is 1. The summed E-state index contributed by atoms with van der Waals surface area (Å²) >= 11 is 0. The minimum Gasteiger partial charge on any atom is -0.324 e. The molecular formula is C18H28N2O. The zero-order valence-corrected chi connectivity index (χ0v) is 13.8. The lowest BCUT2D eigenvalue weighted by atomic mass is 9.98. The van der Waals surface area contributed by atoms with Gasteiger partial charge in [-0.3, -0.25) is 9.69 Å². The van der Waals surface area contributed by atoms with Gasteiger partial charge in [-0.05, 0) is 57.7 Å². The molecule has 0 aromatic heterocycles. The summed E-state index contributed by atoms with van der Waals surface area (Å²) < 4.78 is 0. The molecule has 116 valence electrons. The second-order valence-electron chi connectivity index (χ2n) is 6.26. The number of amides is 1. The summed E-state index contributed by atoms with van der Waals surface area (Å²) in [4.78, 5) is 15.1. The lowest BCUT2D eigenvalue weighted by Gasteiger charge is -2.38. The Hall–Kier alpha value is -1.35. The summed E-state index contributed by atoms with van der Waals surface area (Å²) in [7, 11) is 0. The quantitative estimate of drug-likeness (QED) is 0.911. The molecule has 1 aromatic carbocycles. The predicted octanol–water partition coefficient (Wildman–Crippen LogP) is 3.89. The molecule has 0 radical (unpaired) electrons. The number of nitrogens with one attached hydrogen (secondary N) is 1. The van der Waals surface area contributed by atoms with Crippen molar-refractivity contribution < 1.29 is 4.79 Å². The van der Waals surface area contributed by atoms with Gasteiger partial charge >= 0.3 is 0 Å². The van der Waals surface area contributed by atoms with Crippen LogP contribution < -0.4 is 5.32 Å². The molecule has 1 heterocycles. The maximum atomic E-state index is 12.7. The Labute approximate surface area is 128 Å². The maximum Gasteiger partial charge on any atom is 0.241 e. The highest BCUT2D eigenvalue weighted by Crippen LogP contribution is 2.24. The summed E-state index contributed by atoms with van der Waals surface area (Å²) in [5.74, 6) is 0.160. The number of likely N-dealkylation sites (tertiary alicyclic amines) is 1. The largest absolute Gasteiger partial charge is 0.324 e. The average molecular weight is 288 g/mol. The zero-order valence-electron chi connectivity index (χ0n) is 13.8. The molecule has 3 heteroatoms. The molecule has 1 fully saturated rings. The van der Waals surface area contributed by atoms with E-state index in [0.717, 1.165) is 42.6 Å². The van der Waals surface area contributed by atoms with Crippen molar-refractivity contribution in [3.8, 4) is 0 Å². The standard InChI is InChI=1S/C18H28N2O/c1-5-15(4)20-12-7-6-11-16(20)18(21)19-17-13(2)9-8-10-14(17)3/h8-10,15-16H,5-7,11-12H2,1-4H3,(H,19,21)/t15-,16+/m1/s1. The van der Waals surface area contributed by atoms with Gasteiger partial charge in [0.25, 0.3) is 0 Å². The molecule has 0 aliphatic carbocycles. The van der Waals surface area contributed by atoms with Gasteiger partial charge in [0.2, 0.25) is 5.91 Å². The van der Waals surface area contributed by atoms with E-state index in [0.29, 0.717) is 6.04 Å². The van der Waals surface area contributed by atoms with Crippen molar-refractivity contribution in [1.82, 2.24) is 4.90 Å². The lowest BCUT2D eigenvalue weighted by molar-refractivity contribution is -0.123. The monoisotopic (exact) mass is 288 g/mol. The summed E-state index contributed by atoms with van der Waals surface area (Å²) in [5, 5.41) is 3.18. The summed E-state index contributed by atoms with van der Waals surface area (Å²) in [6.45, 7) is 9.57. The Bertz CT molecular complexity index is 478. The molecule has 2 rings (SSSR count). The Morgan fingerprint density at radius 2 is 2.00 bits per heavy atom. The van der Waals surface area contributed by atoms with Crippen LogP contribution in [0.25, 0.3) is 0 Å². The molecule has 1 amide bonds. The van der Waals surface area contributed by atoms with Crippen LogP contribution in [0.2, 0.25) is 0 Å². The predicted molar refractivity (Wildman–Crippen MR) is 88.6 cm³/mol. The smallest absolute Gasteiger partial charge is 0.241 e. The first-order valence-corrected chi connectivity index (χ1v) is 8.17. The van der Waals surface area contributed by atoms with Crippen molar-refractivity contribution in [3.05, 3.63) is 29.3 Å². The summed E-state index contributed by atoms with van der Waals surface area (Å²) in [6, 6.07) is 6.63. The van der Waals surface area contributed by atoms with E-state index in [4.69, 9.17) is 0 Å². The van der Waals surface area contributed by atoms with Gasteiger partial charge in [0.1, 0.15) is 0 Å². The first-order chi connectivity index (χ1) is 10.0. The topological polar surface area (TPSA) is 32.3 Å². The highest BCUT2D eigenvalue weighted by molar-refractivity contribution is 5.96. The number of anilines is 1. The molecule has 1 aliphatic rings. The number of hydrogen-bond acceptors (Lipinski definition) is 2. The normalized spacial score (nSPS) is 21.0. The maximum absolute atomic E-state index is 12.7. The third-order valence-electron chi connectivity index (χ3n) is 4.73. The number of carbonyl (C=O) groups is 1. The number of aryl methyl sites for hydroxylation is 2. The molecule has 0 saturated carbocycles. The number of rotatable bonds is 4. The summed E-state index contributed by atoms with van der Waals surface area (Å²) in [6.07, 6.45) is 4.42. The van der Waals surface area contributed by atoms with Crippen LogP contribution in [0.1, 0.15) is 50.7 Å². The van der Waals surface area contributed by atoms with Gasteiger partial charge < -0.3 is 5.32 Å². The Balaban J connectivity index is 2.14. The molecule has 21 heavy (non-hydrogen) atoms. The van der Waals surface area contributed by atoms with E-state index in [1.807, 2.05) is 6.07 Å². The minimum absolute atomic E-state index is 0.0210. The van der Waals surface area contributed by atoms with Gasteiger partial charge in [0.05, 0.1) is 6.04 Å². The molecule has 0 spiro atoms. The molecule has 1 saturated heterocycles. The van der Waals surface area contributed by atoms with E-state index < -0.39 is 0 Å². The molecule has 3 nitrogen and oxygen atoms in total. The fourth-order valence-electron chi connectivity index (χ4n) is 3.22. The van der Waals surface area contributed by atoms with Crippen molar-refractivity contribution in [2.45, 2.75) is 65.5 Å². The first kappa shape index (κ1) is 16.0. The highest BCUT2D eigenvalue weighted by atomic mass is 16.2. The van der Waals surface area contributed by atoms with E-state index in [9.17, 15) is 4.79 Å². The van der Waals surface area contributed by atoms with Gasteiger partial charge in [0.15, 0.2) is 0 Å². The van der Waals surface area contributed by atoms with E-state index in [1.165, 1.54) is 6.42 Å². The highest BCUT2D eigenvalue weighted by Gasteiger charge is 2.31. The summed E-state index contributed by atoms with van der Waals surface area (Å²) in [5.41, 5.74) is 3.25. The Morgan fingerprint density at radius 3 is 2.62 bits per heavy atom. The van der Waals surface area contributed by atoms with E-state index >= 15 is 0 Å². The van der Waals surface area contributed by atoms with Crippen LogP contribution in [-0.2, 0) is 4.79 Å². The van der Waals surface area contributed by atoms with Crippen LogP contribution >= 0.6 is 0 Å². The van der Waals surface area contributed by atoms with Gasteiger partial charge in [-0.25, -0.2) is 0 Å². The fraction of sp³-hybridized carbons (Fsp3) is 0.611. The molecule has 1 aromatic rings. The number of hydrogen-bond donors (Lipinski definition) is 1. The van der Waals surface area contributed by atoms with Gasteiger partial charge in [0, 0.05) is 11.7 Å². The van der Waals surface area contributed by atoms with Crippen LogP contribution in [0.15, 0.2) is 18.2 Å². The third-order valence-corrected chi connectivity index (χ3v) is 4.73. The van der Waals surface area contributed by atoms with E-state index in [1.54, 1.807) is 0 Å². The number of benzene rings is 1. The van der Waals surface area contributed by atoms with Gasteiger partial charge in [-0.15, -0.1) is 0 Å². The number of para-hydroxylation sites is 1. The van der Waals surface area contributed by atoms with Crippen molar-refractivity contribution in [2.24, 2.45) is 0 Å². The van der Waals surface area contributed by atoms with Gasteiger partial charge in [-0.1, -0.05) is 31.5 Å². The van der Waals surface area contributed by atoms with Crippen LogP contribution in [0.3, 0.4) is 0 Å². The molecule has 0 unspecified atom stereocenters. The lowest BCUT2D eigenvalue weighted by Crippen LogP contribution is -2.50. The van der Waals surface area contributed by atoms with Crippen molar-refractivity contribution in [2.75, 3.05) is 11.9 Å². The third kappa shape index (κ3) is 3.65. The number of carbonyl (C=O) groups excluding carboxylic acids is 1. The SMILES string of the molecule is CC[C@@H](C)N1CCCC[C@H]1C(=O)Nc1c(C)cccc1C. The first-order valence-electron chi connectivity index (χ1n) is 8.17. The Morgan fingerprint density at radius 1 is 1.33 bits per heavy atom. The van der Waals surface area contributed by atoms with Gasteiger partial charge in [-0.2, -0.15) is 0 Å².